The van der Waals surface area contributed by atoms with Gasteiger partial charge in [-0.1, -0.05) is 6.07 Å². The summed E-state index contributed by atoms with van der Waals surface area (Å²) in [6, 6.07) is 5.96. The fourth-order valence-electron chi connectivity index (χ4n) is 3.03. The van der Waals surface area contributed by atoms with Crippen molar-refractivity contribution in [2.75, 3.05) is 38.0 Å². The van der Waals surface area contributed by atoms with Gasteiger partial charge in [-0.2, -0.15) is 0 Å². The number of anilines is 1. The molecule has 6 heteroatoms. The van der Waals surface area contributed by atoms with E-state index in [1.54, 1.807) is 13.8 Å². The van der Waals surface area contributed by atoms with Crippen LogP contribution in [0.4, 0.5) is 5.69 Å². The van der Waals surface area contributed by atoms with Crippen molar-refractivity contribution in [3.63, 3.8) is 0 Å². The summed E-state index contributed by atoms with van der Waals surface area (Å²) >= 11 is 0. The Morgan fingerprint density at radius 1 is 1.26 bits per heavy atom. The molecule has 2 heterocycles. The maximum Gasteiger partial charge on any atom is 0.265 e. The molecular formula is C17H23N3O3. The molecule has 3 rings (SSSR count). The van der Waals surface area contributed by atoms with Crippen LogP contribution in [0.1, 0.15) is 19.4 Å². The van der Waals surface area contributed by atoms with Crippen molar-refractivity contribution in [2.45, 2.75) is 26.5 Å². The standard InChI is InChI=1S/C17H23N3O3/c1-12(21)10-19-5-7-20(8-6-19)11-14-3-4-16-15(9-14)18-17(22)13(2)23-16/h3-4,9,13H,5-8,10-11H2,1-2H3,(H,18,22). The Balaban J connectivity index is 1.58. The first kappa shape index (κ1) is 16.0. The van der Waals surface area contributed by atoms with Crippen LogP contribution in [0, 0.1) is 0 Å². The van der Waals surface area contributed by atoms with E-state index in [9.17, 15) is 9.59 Å². The molecule has 2 aliphatic rings. The quantitative estimate of drug-likeness (QED) is 0.901. The molecule has 6 nitrogen and oxygen atoms in total. The van der Waals surface area contributed by atoms with Crippen LogP contribution >= 0.6 is 0 Å². The SMILES string of the molecule is CC(=O)CN1CCN(Cc2ccc3c(c2)NC(=O)C(C)O3)CC1. The highest BCUT2D eigenvalue weighted by molar-refractivity contribution is 5.97. The van der Waals surface area contributed by atoms with Crippen molar-refractivity contribution in [2.24, 2.45) is 0 Å². The van der Waals surface area contributed by atoms with E-state index in [1.165, 1.54) is 0 Å². The molecule has 1 amide bonds. The summed E-state index contributed by atoms with van der Waals surface area (Å²) < 4.78 is 5.58. The molecule has 2 aliphatic heterocycles. The molecule has 1 aromatic rings. The first-order chi connectivity index (χ1) is 11.0. The van der Waals surface area contributed by atoms with Crippen molar-refractivity contribution in [3.05, 3.63) is 23.8 Å². The third-order valence-corrected chi connectivity index (χ3v) is 4.29. The van der Waals surface area contributed by atoms with E-state index < -0.39 is 6.10 Å². The summed E-state index contributed by atoms with van der Waals surface area (Å²) in [4.78, 5) is 27.4. The van der Waals surface area contributed by atoms with Crippen molar-refractivity contribution in [1.29, 1.82) is 0 Å². The number of nitrogens with zero attached hydrogens (tertiary/aromatic N) is 2. The lowest BCUT2D eigenvalue weighted by molar-refractivity contribution is -0.122. The Bertz CT molecular complexity index is 609. The Morgan fingerprint density at radius 2 is 1.96 bits per heavy atom. The fraction of sp³-hybridized carbons (Fsp3) is 0.529. The van der Waals surface area contributed by atoms with Crippen LogP contribution in [0.3, 0.4) is 0 Å². The predicted octanol–water partition coefficient (Wildman–Crippen LogP) is 1.11. The Hall–Kier alpha value is -1.92. The van der Waals surface area contributed by atoms with Gasteiger partial charge in [0.05, 0.1) is 12.2 Å². The number of nitrogens with one attached hydrogen (secondary N) is 1. The number of ether oxygens (including phenoxy) is 1. The molecule has 1 saturated heterocycles. The van der Waals surface area contributed by atoms with Crippen molar-refractivity contribution in [3.8, 4) is 5.75 Å². The number of carbonyl (C=O) groups is 2. The highest BCUT2D eigenvalue weighted by atomic mass is 16.5. The largest absolute Gasteiger partial charge is 0.479 e. The summed E-state index contributed by atoms with van der Waals surface area (Å²) in [5.41, 5.74) is 1.91. The van der Waals surface area contributed by atoms with Crippen LogP contribution in [0.25, 0.3) is 0 Å². The number of carbonyl (C=O) groups excluding carboxylic acids is 2. The lowest BCUT2D eigenvalue weighted by Crippen LogP contribution is -2.47. The molecule has 0 aliphatic carbocycles. The van der Waals surface area contributed by atoms with Gasteiger partial charge in [-0.3, -0.25) is 19.4 Å². The number of piperazine rings is 1. The monoisotopic (exact) mass is 317 g/mol. The summed E-state index contributed by atoms with van der Waals surface area (Å²) in [7, 11) is 0. The number of hydrogen-bond donors (Lipinski definition) is 1. The second kappa shape index (κ2) is 6.68. The molecule has 1 atom stereocenters. The van der Waals surface area contributed by atoms with E-state index in [-0.39, 0.29) is 11.7 Å². The first-order valence-electron chi connectivity index (χ1n) is 8.06. The molecule has 1 unspecified atom stereocenters. The number of hydrogen-bond acceptors (Lipinski definition) is 5. The van der Waals surface area contributed by atoms with Gasteiger partial charge in [0.2, 0.25) is 0 Å². The Kier molecular flexibility index (Phi) is 4.63. The minimum absolute atomic E-state index is 0.104. The van der Waals surface area contributed by atoms with Crippen molar-refractivity contribution in [1.82, 2.24) is 9.80 Å². The zero-order valence-corrected chi connectivity index (χ0v) is 13.7. The van der Waals surface area contributed by atoms with E-state index in [4.69, 9.17) is 4.74 Å². The van der Waals surface area contributed by atoms with Gasteiger partial charge in [0.25, 0.3) is 5.91 Å². The topological polar surface area (TPSA) is 61.9 Å². The summed E-state index contributed by atoms with van der Waals surface area (Å²) in [5.74, 6) is 0.845. The summed E-state index contributed by atoms with van der Waals surface area (Å²) in [6.45, 7) is 8.50. The average molecular weight is 317 g/mol. The van der Waals surface area contributed by atoms with Gasteiger partial charge in [0.15, 0.2) is 6.10 Å². The summed E-state index contributed by atoms with van der Waals surface area (Å²) in [6.07, 6.45) is -0.442. The van der Waals surface area contributed by atoms with E-state index in [0.29, 0.717) is 6.54 Å². The zero-order valence-electron chi connectivity index (χ0n) is 13.7. The minimum atomic E-state index is -0.442. The third-order valence-electron chi connectivity index (χ3n) is 4.29. The van der Waals surface area contributed by atoms with Crippen LogP contribution < -0.4 is 10.1 Å². The van der Waals surface area contributed by atoms with Crippen molar-refractivity contribution >= 4 is 17.4 Å². The highest BCUT2D eigenvalue weighted by Crippen LogP contribution is 2.30. The molecule has 1 N–H and O–H groups in total. The molecular weight excluding hydrogens is 294 g/mol. The van der Waals surface area contributed by atoms with Gasteiger partial charge in [-0.25, -0.2) is 0 Å². The van der Waals surface area contributed by atoms with Crippen LogP contribution in [0.15, 0.2) is 18.2 Å². The Morgan fingerprint density at radius 3 is 2.65 bits per heavy atom. The second-order valence-electron chi connectivity index (χ2n) is 6.33. The smallest absolute Gasteiger partial charge is 0.265 e. The van der Waals surface area contributed by atoms with Crippen LogP contribution in [0.5, 0.6) is 5.75 Å². The number of Topliss-reactive ketones (excluding diaryl/α,β-unsaturated/α-hetero) is 1. The zero-order chi connectivity index (χ0) is 16.4. The van der Waals surface area contributed by atoms with Gasteiger partial charge in [0.1, 0.15) is 11.5 Å². The minimum Gasteiger partial charge on any atom is -0.479 e. The maximum atomic E-state index is 11.7. The fourth-order valence-corrected chi connectivity index (χ4v) is 3.03. The number of amides is 1. The average Bonchev–Trinajstić information content (AvgIpc) is 2.50. The Labute approximate surface area is 136 Å². The van der Waals surface area contributed by atoms with Gasteiger partial charge in [-0.05, 0) is 31.5 Å². The molecule has 1 fully saturated rings. The van der Waals surface area contributed by atoms with E-state index in [2.05, 4.69) is 15.1 Å². The molecule has 0 saturated carbocycles. The van der Waals surface area contributed by atoms with Crippen LogP contribution in [-0.4, -0.2) is 60.3 Å². The lowest BCUT2D eigenvalue weighted by atomic mass is 10.1. The molecule has 23 heavy (non-hydrogen) atoms. The molecule has 0 radical (unpaired) electrons. The molecule has 0 bridgehead atoms. The molecule has 0 spiro atoms. The van der Waals surface area contributed by atoms with Gasteiger partial charge < -0.3 is 10.1 Å². The summed E-state index contributed by atoms with van der Waals surface area (Å²) in [5, 5.41) is 2.89. The third kappa shape index (κ3) is 3.89. The molecule has 1 aromatic carbocycles. The van der Waals surface area contributed by atoms with Gasteiger partial charge >= 0.3 is 0 Å². The van der Waals surface area contributed by atoms with Gasteiger partial charge in [0, 0.05) is 32.7 Å². The number of benzene rings is 1. The van der Waals surface area contributed by atoms with E-state index in [0.717, 1.165) is 49.7 Å². The number of fused-ring (bicyclic) bond motifs is 1. The highest BCUT2D eigenvalue weighted by Gasteiger charge is 2.24. The van der Waals surface area contributed by atoms with Gasteiger partial charge in [-0.15, -0.1) is 0 Å². The molecule has 124 valence electrons. The van der Waals surface area contributed by atoms with Crippen molar-refractivity contribution < 1.29 is 14.3 Å². The lowest BCUT2D eigenvalue weighted by Gasteiger charge is -2.34. The van der Waals surface area contributed by atoms with E-state index >= 15 is 0 Å². The second-order valence-corrected chi connectivity index (χ2v) is 6.33. The number of rotatable bonds is 4. The number of ketones is 1. The van der Waals surface area contributed by atoms with Crippen LogP contribution in [-0.2, 0) is 16.1 Å². The maximum absolute atomic E-state index is 11.7. The first-order valence-corrected chi connectivity index (χ1v) is 8.06. The van der Waals surface area contributed by atoms with E-state index in [1.807, 2.05) is 18.2 Å². The normalized spacial score (nSPS) is 22.2. The molecule has 0 aromatic heterocycles. The van der Waals surface area contributed by atoms with Crippen LogP contribution in [0.2, 0.25) is 0 Å². The predicted molar refractivity (Wildman–Crippen MR) is 87.6 cm³/mol.